The quantitative estimate of drug-likeness (QED) is 0.308. The van der Waals surface area contributed by atoms with Gasteiger partial charge in [-0.15, -0.1) is 0 Å². The summed E-state index contributed by atoms with van der Waals surface area (Å²) in [5.41, 5.74) is 2.41. The molecule has 5 nitrogen and oxygen atoms in total. The number of hydrogen-bond donors (Lipinski definition) is 0. The van der Waals surface area contributed by atoms with E-state index in [1.165, 1.54) is 21.8 Å². The van der Waals surface area contributed by atoms with Gasteiger partial charge in [0.25, 0.3) is 0 Å². The van der Waals surface area contributed by atoms with Gasteiger partial charge in [-0.1, -0.05) is 27.7 Å². The van der Waals surface area contributed by atoms with E-state index in [0.29, 0.717) is 0 Å². The second-order valence-corrected chi connectivity index (χ2v) is 8.37. The first kappa shape index (κ1) is 24.4. The molecule has 0 unspecified atom stereocenters. The van der Waals surface area contributed by atoms with Crippen LogP contribution in [0.15, 0.2) is 36.4 Å². The van der Waals surface area contributed by atoms with Crippen LogP contribution in [0.5, 0.6) is 11.5 Å². The minimum atomic E-state index is 0.747. The van der Waals surface area contributed by atoms with E-state index in [4.69, 9.17) is 9.47 Å². The predicted molar refractivity (Wildman–Crippen MR) is 136 cm³/mol. The number of fused-ring (bicyclic) bond motifs is 3. The van der Waals surface area contributed by atoms with Gasteiger partial charge in [0.2, 0.25) is 0 Å². The molecule has 0 fully saturated rings. The Morgan fingerprint density at radius 3 is 1.75 bits per heavy atom. The van der Waals surface area contributed by atoms with Crippen molar-refractivity contribution in [3.05, 3.63) is 36.4 Å². The lowest BCUT2D eigenvalue weighted by Gasteiger charge is -2.17. The third-order valence-electron chi connectivity index (χ3n) is 6.51. The first-order valence-corrected chi connectivity index (χ1v) is 12.3. The molecule has 1 aromatic heterocycles. The molecule has 0 saturated heterocycles. The molecule has 32 heavy (non-hydrogen) atoms. The molecule has 0 amide bonds. The van der Waals surface area contributed by atoms with Gasteiger partial charge in [-0.2, -0.15) is 0 Å². The van der Waals surface area contributed by atoms with Crippen molar-refractivity contribution < 1.29 is 9.47 Å². The minimum Gasteiger partial charge on any atom is -0.494 e. The Labute approximate surface area is 193 Å². The first-order valence-electron chi connectivity index (χ1n) is 12.3. The minimum absolute atomic E-state index is 0.747. The average Bonchev–Trinajstić information content (AvgIpc) is 3.10. The highest BCUT2D eigenvalue weighted by atomic mass is 16.5. The fraction of sp³-hybridized carbons (Fsp3) is 0.556. The number of aromatic nitrogens is 1. The maximum atomic E-state index is 6.07. The van der Waals surface area contributed by atoms with Gasteiger partial charge in [-0.3, -0.25) is 0 Å². The fourth-order valence-corrected chi connectivity index (χ4v) is 4.39. The first-order chi connectivity index (χ1) is 15.6. The highest BCUT2D eigenvalue weighted by Gasteiger charge is 2.11. The zero-order chi connectivity index (χ0) is 22.9. The zero-order valence-electron chi connectivity index (χ0n) is 20.7. The van der Waals surface area contributed by atoms with Gasteiger partial charge in [-0.25, -0.2) is 0 Å². The molecule has 0 spiro atoms. The third kappa shape index (κ3) is 5.96. The van der Waals surface area contributed by atoms with Crippen LogP contribution in [-0.2, 0) is 7.05 Å². The van der Waals surface area contributed by atoms with Crippen molar-refractivity contribution in [2.24, 2.45) is 7.05 Å². The second-order valence-electron chi connectivity index (χ2n) is 8.37. The summed E-state index contributed by atoms with van der Waals surface area (Å²) in [7, 11) is 2.12. The molecular weight excluding hydrogens is 398 g/mol. The molecule has 0 aliphatic rings. The molecular formula is C27H41N3O2. The van der Waals surface area contributed by atoms with Crippen LogP contribution in [0.2, 0.25) is 0 Å². The van der Waals surface area contributed by atoms with Gasteiger partial charge in [-0.05, 0) is 69.4 Å². The molecule has 0 aliphatic carbocycles. The van der Waals surface area contributed by atoms with Gasteiger partial charge in [0.05, 0.1) is 18.7 Å². The zero-order valence-corrected chi connectivity index (χ0v) is 20.7. The van der Waals surface area contributed by atoms with E-state index in [-0.39, 0.29) is 0 Å². The molecule has 0 saturated carbocycles. The Bertz CT molecular complexity index is 974. The van der Waals surface area contributed by atoms with Crippen molar-refractivity contribution in [3.63, 3.8) is 0 Å². The predicted octanol–water partition coefficient (Wildman–Crippen LogP) is 5.55. The van der Waals surface area contributed by atoms with E-state index in [1.54, 1.807) is 0 Å². The van der Waals surface area contributed by atoms with Crippen molar-refractivity contribution in [1.29, 1.82) is 0 Å². The van der Waals surface area contributed by atoms with Crippen LogP contribution in [-0.4, -0.2) is 66.8 Å². The Hall–Kier alpha value is -2.24. The Morgan fingerprint density at radius 1 is 0.656 bits per heavy atom. The van der Waals surface area contributed by atoms with Crippen molar-refractivity contribution >= 4 is 21.8 Å². The summed E-state index contributed by atoms with van der Waals surface area (Å²) in [5, 5.41) is 2.48. The van der Waals surface area contributed by atoms with Crippen molar-refractivity contribution in [2.75, 3.05) is 52.5 Å². The summed E-state index contributed by atoms with van der Waals surface area (Å²) in [6, 6.07) is 12.9. The number of nitrogens with zero attached hydrogens (tertiary/aromatic N) is 3. The van der Waals surface area contributed by atoms with Crippen LogP contribution in [0.1, 0.15) is 40.5 Å². The Morgan fingerprint density at radius 2 is 1.19 bits per heavy atom. The summed E-state index contributed by atoms with van der Waals surface area (Å²) >= 11 is 0. The van der Waals surface area contributed by atoms with Crippen LogP contribution in [0.25, 0.3) is 21.8 Å². The molecule has 1 heterocycles. The normalized spacial score (nSPS) is 11.8. The van der Waals surface area contributed by atoms with E-state index in [0.717, 1.165) is 76.8 Å². The van der Waals surface area contributed by atoms with Crippen molar-refractivity contribution in [1.82, 2.24) is 14.4 Å². The largest absolute Gasteiger partial charge is 0.494 e. The summed E-state index contributed by atoms with van der Waals surface area (Å²) in [6.07, 6.45) is 2.09. The number of rotatable bonds is 14. The van der Waals surface area contributed by atoms with E-state index < -0.39 is 0 Å². The fourth-order valence-electron chi connectivity index (χ4n) is 4.39. The monoisotopic (exact) mass is 439 g/mol. The molecule has 0 aliphatic heterocycles. The molecule has 0 atom stereocenters. The molecule has 176 valence electrons. The summed E-state index contributed by atoms with van der Waals surface area (Å²) < 4.78 is 14.4. The maximum absolute atomic E-state index is 6.07. The summed E-state index contributed by atoms with van der Waals surface area (Å²) in [4.78, 5) is 4.86. The van der Waals surface area contributed by atoms with E-state index in [2.05, 4.69) is 85.5 Å². The van der Waals surface area contributed by atoms with Crippen LogP contribution < -0.4 is 9.47 Å². The van der Waals surface area contributed by atoms with Gasteiger partial charge in [0.15, 0.2) is 0 Å². The number of hydrogen-bond acceptors (Lipinski definition) is 4. The lowest BCUT2D eigenvalue weighted by molar-refractivity contribution is 0.249. The van der Waals surface area contributed by atoms with Gasteiger partial charge < -0.3 is 23.8 Å². The third-order valence-corrected chi connectivity index (χ3v) is 6.51. The lowest BCUT2D eigenvalue weighted by atomic mass is 10.1. The molecule has 5 heteroatoms. The van der Waals surface area contributed by atoms with Gasteiger partial charge >= 0.3 is 0 Å². The Kier molecular flexibility index (Phi) is 9.24. The topological polar surface area (TPSA) is 29.9 Å². The van der Waals surface area contributed by atoms with E-state index >= 15 is 0 Å². The average molecular weight is 440 g/mol. The van der Waals surface area contributed by atoms with Crippen LogP contribution in [0.3, 0.4) is 0 Å². The molecule has 2 aromatic carbocycles. The van der Waals surface area contributed by atoms with Gasteiger partial charge in [0, 0.05) is 42.5 Å². The smallest absolute Gasteiger partial charge is 0.121 e. The van der Waals surface area contributed by atoms with Crippen LogP contribution in [0.4, 0.5) is 0 Å². The number of ether oxygens (including phenoxy) is 2. The maximum Gasteiger partial charge on any atom is 0.121 e. The molecule has 3 rings (SSSR count). The van der Waals surface area contributed by atoms with Crippen molar-refractivity contribution in [3.8, 4) is 11.5 Å². The molecule has 0 N–H and O–H groups in total. The Balaban J connectivity index is 1.65. The van der Waals surface area contributed by atoms with Crippen molar-refractivity contribution in [2.45, 2.75) is 40.5 Å². The molecule has 0 radical (unpaired) electrons. The number of aryl methyl sites for hydroxylation is 1. The molecule has 0 bridgehead atoms. The second kappa shape index (κ2) is 12.1. The van der Waals surface area contributed by atoms with Gasteiger partial charge in [0.1, 0.15) is 11.5 Å². The van der Waals surface area contributed by atoms with Crippen LogP contribution in [0, 0.1) is 0 Å². The van der Waals surface area contributed by atoms with E-state index in [9.17, 15) is 0 Å². The van der Waals surface area contributed by atoms with E-state index in [1.807, 2.05) is 0 Å². The molecule has 3 aromatic rings. The highest BCUT2D eigenvalue weighted by molar-refractivity contribution is 6.08. The lowest BCUT2D eigenvalue weighted by Crippen LogP contribution is -2.25. The SMILES string of the molecule is CCN(CC)CCCOc1ccc2c(c1)c1ccc(OCCCN(CC)CC)cc1n2C. The summed E-state index contributed by atoms with van der Waals surface area (Å²) in [5.74, 6) is 1.89. The summed E-state index contributed by atoms with van der Waals surface area (Å²) in [6.45, 7) is 16.9. The standard InChI is InChI=1S/C27H41N3O2/c1-6-29(7-2)16-10-18-31-22-13-15-26-25(20-22)24-14-12-23(21-27(24)28(26)5)32-19-11-17-30(8-3)9-4/h12-15,20-21H,6-11,16-19H2,1-5H3. The van der Waals surface area contributed by atoms with Crippen LogP contribution >= 0.6 is 0 Å². The highest BCUT2D eigenvalue weighted by Crippen LogP contribution is 2.33. The number of benzene rings is 2.